The molecule has 0 aliphatic rings. The van der Waals surface area contributed by atoms with E-state index in [9.17, 15) is 14.4 Å². The summed E-state index contributed by atoms with van der Waals surface area (Å²) in [5, 5.41) is 7.05. The Morgan fingerprint density at radius 1 is 1.03 bits per heavy atom. The van der Waals surface area contributed by atoms with Crippen LogP contribution >= 0.6 is 11.6 Å². The van der Waals surface area contributed by atoms with Gasteiger partial charge in [-0.15, -0.1) is 0 Å². The fourth-order valence-electron chi connectivity index (χ4n) is 3.11. The van der Waals surface area contributed by atoms with Crippen molar-refractivity contribution in [2.45, 2.75) is 0 Å². The Morgan fingerprint density at radius 2 is 1.71 bits per heavy atom. The van der Waals surface area contributed by atoms with Crippen molar-refractivity contribution in [1.29, 1.82) is 0 Å². The van der Waals surface area contributed by atoms with Crippen LogP contribution in [0.25, 0.3) is 16.5 Å². The number of carbonyl (C=O) groups is 2. The second-order valence-electron chi connectivity index (χ2n) is 6.45. The standard InChI is InChI=1S/C21H16ClN5O4/c1-31-17-11-16(27-8-4-5-9-27)15(22)10-14(17)20(29)25-26-21(30)18-12-6-2-3-7-13(12)19(28)24-23-18/h2-11H,1H3,(H,24,28)(H,25,29)(H,26,30). The lowest BCUT2D eigenvalue weighted by Crippen LogP contribution is -2.42. The van der Waals surface area contributed by atoms with Crippen LogP contribution in [-0.2, 0) is 0 Å². The van der Waals surface area contributed by atoms with E-state index in [1.165, 1.54) is 13.2 Å². The number of nitrogens with one attached hydrogen (secondary N) is 3. The number of aromatic amines is 1. The van der Waals surface area contributed by atoms with Gasteiger partial charge in [-0.25, -0.2) is 5.10 Å². The molecule has 10 heteroatoms. The fourth-order valence-corrected chi connectivity index (χ4v) is 3.37. The van der Waals surface area contributed by atoms with Gasteiger partial charge in [-0.05, 0) is 24.3 Å². The third-order valence-electron chi connectivity index (χ3n) is 4.60. The molecule has 0 aliphatic carbocycles. The first-order chi connectivity index (χ1) is 15.0. The number of H-pyrrole nitrogens is 1. The highest BCUT2D eigenvalue weighted by Crippen LogP contribution is 2.29. The maximum Gasteiger partial charge on any atom is 0.290 e. The van der Waals surface area contributed by atoms with Crippen molar-refractivity contribution >= 4 is 34.2 Å². The number of amides is 2. The number of carbonyl (C=O) groups excluding carboxylic acids is 2. The zero-order valence-electron chi connectivity index (χ0n) is 16.2. The van der Waals surface area contributed by atoms with E-state index < -0.39 is 17.4 Å². The van der Waals surface area contributed by atoms with Gasteiger partial charge in [0.1, 0.15) is 5.75 Å². The predicted molar refractivity (Wildman–Crippen MR) is 115 cm³/mol. The second-order valence-corrected chi connectivity index (χ2v) is 6.86. The maximum atomic E-state index is 12.7. The number of hydrogen-bond acceptors (Lipinski definition) is 5. The number of rotatable bonds is 4. The average Bonchev–Trinajstić information content (AvgIpc) is 3.32. The van der Waals surface area contributed by atoms with Crippen molar-refractivity contribution in [3.05, 3.63) is 87.6 Å². The third kappa shape index (κ3) is 3.86. The summed E-state index contributed by atoms with van der Waals surface area (Å²) in [5.41, 5.74) is 4.92. The molecule has 9 nitrogen and oxygen atoms in total. The largest absolute Gasteiger partial charge is 0.496 e. The molecule has 2 heterocycles. The molecule has 0 saturated heterocycles. The molecule has 0 unspecified atom stereocenters. The van der Waals surface area contributed by atoms with Crippen LogP contribution in [-0.4, -0.2) is 33.7 Å². The number of ether oxygens (including phenoxy) is 1. The van der Waals surface area contributed by atoms with Crippen LogP contribution in [0.4, 0.5) is 0 Å². The predicted octanol–water partition coefficient (Wildman–Crippen LogP) is 2.45. The number of benzene rings is 2. The number of aromatic nitrogens is 3. The maximum absolute atomic E-state index is 12.7. The van der Waals surface area contributed by atoms with Gasteiger partial charge in [0.05, 0.1) is 28.8 Å². The minimum Gasteiger partial charge on any atom is -0.496 e. The minimum atomic E-state index is -0.699. The summed E-state index contributed by atoms with van der Waals surface area (Å²) in [6.45, 7) is 0. The number of fused-ring (bicyclic) bond motifs is 1. The second kappa shape index (κ2) is 8.33. The molecule has 0 atom stereocenters. The number of hydrogen-bond donors (Lipinski definition) is 3. The van der Waals surface area contributed by atoms with E-state index >= 15 is 0 Å². The van der Waals surface area contributed by atoms with E-state index in [2.05, 4.69) is 21.0 Å². The first-order valence-electron chi connectivity index (χ1n) is 9.08. The molecule has 0 fully saturated rings. The molecule has 2 aromatic heterocycles. The van der Waals surface area contributed by atoms with Crippen LogP contribution in [0.3, 0.4) is 0 Å². The van der Waals surface area contributed by atoms with E-state index in [1.54, 1.807) is 34.9 Å². The highest BCUT2D eigenvalue weighted by molar-refractivity contribution is 6.33. The highest BCUT2D eigenvalue weighted by atomic mass is 35.5. The summed E-state index contributed by atoms with van der Waals surface area (Å²) in [5.74, 6) is -1.07. The van der Waals surface area contributed by atoms with Crippen molar-refractivity contribution in [2.75, 3.05) is 7.11 Å². The van der Waals surface area contributed by atoms with Gasteiger partial charge in [-0.2, -0.15) is 5.10 Å². The average molecular weight is 438 g/mol. The lowest BCUT2D eigenvalue weighted by Gasteiger charge is -2.14. The van der Waals surface area contributed by atoms with Crippen molar-refractivity contribution in [3.8, 4) is 11.4 Å². The molecule has 3 N–H and O–H groups in total. The molecule has 2 aromatic carbocycles. The van der Waals surface area contributed by atoms with Gasteiger partial charge in [0, 0.05) is 23.8 Å². The van der Waals surface area contributed by atoms with Crippen molar-refractivity contribution in [1.82, 2.24) is 25.6 Å². The number of nitrogens with zero attached hydrogens (tertiary/aromatic N) is 2. The summed E-state index contributed by atoms with van der Waals surface area (Å²) >= 11 is 6.35. The summed E-state index contributed by atoms with van der Waals surface area (Å²) < 4.78 is 7.10. The Hall–Kier alpha value is -4.11. The van der Waals surface area contributed by atoms with Crippen molar-refractivity contribution in [2.24, 2.45) is 0 Å². The zero-order valence-corrected chi connectivity index (χ0v) is 16.9. The highest BCUT2D eigenvalue weighted by Gasteiger charge is 2.19. The molecule has 2 amide bonds. The van der Waals surface area contributed by atoms with Gasteiger partial charge in [0.15, 0.2) is 5.69 Å². The zero-order chi connectivity index (χ0) is 22.0. The van der Waals surface area contributed by atoms with Crippen LogP contribution < -0.4 is 21.1 Å². The van der Waals surface area contributed by atoms with Crippen LogP contribution in [0, 0.1) is 0 Å². The fraction of sp³-hybridized carbons (Fsp3) is 0.0476. The van der Waals surface area contributed by atoms with E-state index in [1.807, 2.05) is 24.5 Å². The van der Waals surface area contributed by atoms with Gasteiger partial charge in [-0.3, -0.25) is 25.2 Å². The van der Waals surface area contributed by atoms with Gasteiger partial charge >= 0.3 is 0 Å². The summed E-state index contributed by atoms with van der Waals surface area (Å²) in [7, 11) is 1.43. The topological polar surface area (TPSA) is 118 Å². The normalized spacial score (nSPS) is 10.6. The van der Waals surface area contributed by atoms with E-state index in [0.717, 1.165) is 0 Å². The Balaban J connectivity index is 1.57. The molecule has 0 radical (unpaired) electrons. The van der Waals surface area contributed by atoms with Gasteiger partial charge in [0.2, 0.25) is 0 Å². The number of hydrazine groups is 1. The van der Waals surface area contributed by atoms with Crippen LogP contribution in [0.15, 0.2) is 65.7 Å². The molecular weight excluding hydrogens is 422 g/mol. The van der Waals surface area contributed by atoms with Gasteiger partial charge in [-0.1, -0.05) is 29.8 Å². The Bertz CT molecular complexity index is 1350. The summed E-state index contributed by atoms with van der Waals surface area (Å²) in [6.07, 6.45) is 3.62. The quantitative estimate of drug-likeness (QED) is 0.424. The molecule has 4 aromatic rings. The number of halogens is 1. The van der Waals surface area contributed by atoms with E-state index in [-0.39, 0.29) is 17.0 Å². The molecule has 0 saturated carbocycles. The molecule has 0 aliphatic heterocycles. The SMILES string of the molecule is COc1cc(-n2cccc2)c(Cl)cc1C(=O)NNC(=O)c1n[nH]c(=O)c2ccccc12. The first kappa shape index (κ1) is 20.2. The summed E-state index contributed by atoms with van der Waals surface area (Å²) in [6, 6.07) is 13.3. The molecule has 4 rings (SSSR count). The van der Waals surface area contributed by atoms with Crippen LogP contribution in [0.1, 0.15) is 20.8 Å². The molecule has 0 spiro atoms. The van der Waals surface area contributed by atoms with E-state index in [4.69, 9.17) is 16.3 Å². The molecule has 31 heavy (non-hydrogen) atoms. The molecule has 0 bridgehead atoms. The monoisotopic (exact) mass is 437 g/mol. The van der Waals surface area contributed by atoms with Crippen molar-refractivity contribution < 1.29 is 14.3 Å². The first-order valence-corrected chi connectivity index (χ1v) is 9.46. The Morgan fingerprint density at radius 3 is 2.42 bits per heavy atom. The van der Waals surface area contributed by atoms with Crippen LogP contribution in [0.5, 0.6) is 5.75 Å². The molecule has 156 valence electrons. The van der Waals surface area contributed by atoms with Gasteiger partial charge < -0.3 is 9.30 Å². The lowest BCUT2D eigenvalue weighted by atomic mass is 10.1. The smallest absolute Gasteiger partial charge is 0.290 e. The number of methoxy groups -OCH3 is 1. The Labute approximate surface area is 180 Å². The molecular formula is C21H16ClN5O4. The summed E-state index contributed by atoms with van der Waals surface area (Å²) in [4.78, 5) is 37.1. The van der Waals surface area contributed by atoms with Crippen molar-refractivity contribution in [3.63, 3.8) is 0 Å². The minimum absolute atomic E-state index is 0.0385. The van der Waals surface area contributed by atoms with Crippen LogP contribution in [0.2, 0.25) is 5.02 Å². The van der Waals surface area contributed by atoms with E-state index in [0.29, 0.717) is 21.5 Å². The Kier molecular flexibility index (Phi) is 5.42. The lowest BCUT2D eigenvalue weighted by molar-refractivity contribution is 0.0842. The third-order valence-corrected chi connectivity index (χ3v) is 4.90. The van der Waals surface area contributed by atoms with Gasteiger partial charge in [0.25, 0.3) is 17.4 Å².